The van der Waals surface area contributed by atoms with E-state index in [1.807, 2.05) is 12.3 Å². The van der Waals surface area contributed by atoms with Crippen LogP contribution in [0.25, 0.3) is 0 Å². The van der Waals surface area contributed by atoms with Crippen LogP contribution in [0.15, 0.2) is 35.6 Å². The molecule has 2 aromatic rings. The number of aromatic nitrogens is 2. The molecule has 1 aromatic carbocycles. The number of carbonyl (C=O) groups is 3. The van der Waals surface area contributed by atoms with Crippen LogP contribution >= 0.6 is 11.8 Å². The quantitative estimate of drug-likeness (QED) is 0.342. The second-order valence-electron chi connectivity index (χ2n) is 7.00. The van der Waals surface area contributed by atoms with Gasteiger partial charge in [-0.25, -0.2) is 9.97 Å². The number of benzene rings is 1. The Balaban J connectivity index is 1.65. The van der Waals surface area contributed by atoms with Gasteiger partial charge in [-0.05, 0) is 35.9 Å². The zero-order valence-corrected chi connectivity index (χ0v) is 17.2. The number of fused-ring (bicyclic) bond motifs is 1. The molecule has 9 heteroatoms. The second kappa shape index (κ2) is 7.80. The highest BCUT2D eigenvalue weighted by atomic mass is 32.2. The maximum absolute atomic E-state index is 12.9. The third-order valence-corrected chi connectivity index (χ3v) is 5.61. The first-order valence-electron chi connectivity index (χ1n) is 9.15. The van der Waals surface area contributed by atoms with Crippen molar-refractivity contribution in [3.8, 4) is 17.6 Å². The number of thioether (sulfide) groups is 1. The summed E-state index contributed by atoms with van der Waals surface area (Å²) in [6.07, 6.45) is 3.33. The number of nitrogens with zero attached hydrogens (tertiary/aromatic N) is 3. The molecule has 1 atom stereocenters. The van der Waals surface area contributed by atoms with Crippen molar-refractivity contribution < 1.29 is 19.1 Å². The van der Waals surface area contributed by atoms with Crippen LogP contribution in [0, 0.1) is 17.3 Å². The molecule has 3 heterocycles. The van der Waals surface area contributed by atoms with Gasteiger partial charge in [0, 0.05) is 24.8 Å². The standard InChI is InChI=1S/C21H18N4O4S/c1-29-15-4-3-13-11-25(18(27)16(13)9-15)12-21(10-17(26)24-19(21)28)7-5-14-6-8-22-20(23-14)30-2/h3-4,6,8-9H,10-12H2,1-2H3,(H,24,26,28)/t21-/m1/s1. The van der Waals surface area contributed by atoms with E-state index in [-0.39, 0.29) is 18.9 Å². The van der Waals surface area contributed by atoms with Gasteiger partial charge in [0.05, 0.1) is 13.5 Å². The highest BCUT2D eigenvalue weighted by Gasteiger charge is 2.48. The molecule has 0 unspecified atom stereocenters. The molecule has 0 radical (unpaired) electrons. The number of methoxy groups -OCH3 is 1. The van der Waals surface area contributed by atoms with Gasteiger partial charge < -0.3 is 9.64 Å². The first-order valence-corrected chi connectivity index (χ1v) is 10.4. The Labute approximate surface area is 177 Å². The van der Waals surface area contributed by atoms with E-state index in [0.29, 0.717) is 28.7 Å². The molecule has 30 heavy (non-hydrogen) atoms. The maximum Gasteiger partial charge on any atom is 0.254 e. The lowest BCUT2D eigenvalue weighted by molar-refractivity contribution is -0.127. The van der Waals surface area contributed by atoms with E-state index in [4.69, 9.17) is 4.74 Å². The zero-order chi connectivity index (χ0) is 21.3. The number of carbonyl (C=O) groups excluding carboxylic acids is 3. The van der Waals surface area contributed by atoms with E-state index in [0.717, 1.165) is 5.56 Å². The van der Waals surface area contributed by atoms with Crippen LogP contribution in [0.5, 0.6) is 5.75 Å². The smallest absolute Gasteiger partial charge is 0.254 e. The molecule has 3 amide bonds. The van der Waals surface area contributed by atoms with Crippen LogP contribution in [0.1, 0.15) is 28.0 Å². The Morgan fingerprint density at radius 1 is 1.30 bits per heavy atom. The molecule has 8 nitrogen and oxygen atoms in total. The Morgan fingerprint density at radius 2 is 2.13 bits per heavy atom. The molecule has 1 N–H and O–H groups in total. The SMILES string of the molecule is COc1ccc2c(c1)C(=O)N(C[C@@]1(C#Cc3ccnc(SC)n3)CC(=O)NC1=O)C2. The average molecular weight is 422 g/mol. The lowest BCUT2D eigenvalue weighted by atomic mass is 9.86. The van der Waals surface area contributed by atoms with Gasteiger partial charge in [0.1, 0.15) is 16.9 Å². The van der Waals surface area contributed by atoms with Gasteiger partial charge in [-0.3, -0.25) is 19.7 Å². The number of rotatable bonds is 4. The van der Waals surface area contributed by atoms with E-state index in [1.54, 1.807) is 29.3 Å². The van der Waals surface area contributed by atoms with Crippen molar-refractivity contribution in [2.45, 2.75) is 18.1 Å². The average Bonchev–Trinajstić information content (AvgIpc) is 3.21. The molecule has 2 aliphatic rings. The van der Waals surface area contributed by atoms with Gasteiger partial charge in [0.25, 0.3) is 5.91 Å². The highest BCUT2D eigenvalue weighted by Crippen LogP contribution is 2.33. The normalized spacial score (nSPS) is 19.9. The van der Waals surface area contributed by atoms with Gasteiger partial charge >= 0.3 is 0 Å². The molecule has 0 bridgehead atoms. The van der Waals surface area contributed by atoms with Crippen LogP contribution in [0.4, 0.5) is 0 Å². The van der Waals surface area contributed by atoms with Crippen LogP contribution in [0.3, 0.4) is 0 Å². The third kappa shape index (κ3) is 3.62. The Bertz CT molecular complexity index is 1120. The van der Waals surface area contributed by atoms with Crippen molar-refractivity contribution >= 4 is 29.5 Å². The summed E-state index contributed by atoms with van der Waals surface area (Å²) in [5.74, 6) is 5.29. The molecule has 0 spiro atoms. The van der Waals surface area contributed by atoms with Crippen molar-refractivity contribution in [3.05, 3.63) is 47.3 Å². The first kappa shape index (κ1) is 19.9. The van der Waals surface area contributed by atoms with E-state index in [2.05, 4.69) is 27.1 Å². The summed E-state index contributed by atoms with van der Waals surface area (Å²) < 4.78 is 5.20. The molecule has 1 fully saturated rings. The van der Waals surface area contributed by atoms with Gasteiger partial charge in [-0.1, -0.05) is 23.7 Å². The lowest BCUT2D eigenvalue weighted by Gasteiger charge is -2.25. The summed E-state index contributed by atoms with van der Waals surface area (Å²) in [7, 11) is 1.54. The fraction of sp³-hybridized carbons (Fsp3) is 0.286. The molecule has 1 aromatic heterocycles. The van der Waals surface area contributed by atoms with Crippen molar-refractivity contribution in [2.24, 2.45) is 5.41 Å². The number of hydrogen-bond donors (Lipinski definition) is 1. The number of nitrogens with one attached hydrogen (secondary N) is 1. The minimum absolute atomic E-state index is 0.00781. The Kier molecular flexibility index (Phi) is 5.18. The van der Waals surface area contributed by atoms with Crippen LogP contribution in [-0.4, -0.2) is 52.5 Å². The van der Waals surface area contributed by atoms with E-state index in [1.165, 1.54) is 18.9 Å². The summed E-state index contributed by atoms with van der Waals surface area (Å²) >= 11 is 1.38. The molecule has 0 aliphatic carbocycles. The van der Waals surface area contributed by atoms with Gasteiger partial charge in [0.15, 0.2) is 5.16 Å². The summed E-state index contributed by atoms with van der Waals surface area (Å²) in [5, 5.41) is 2.88. The van der Waals surface area contributed by atoms with Crippen LogP contribution in [0.2, 0.25) is 0 Å². The van der Waals surface area contributed by atoms with Crippen molar-refractivity contribution in [1.82, 2.24) is 20.2 Å². The second-order valence-corrected chi connectivity index (χ2v) is 7.77. The van der Waals surface area contributed by atoms with Crippen LogP contribution in [-0.2, 0) is 16.1 Å². The number of ether oxygens (including phenoxy) is 1. The lowest BCUT2D eigenvalue weighted by Crippen LogP contribution is -2.42. The minimum atomic E-state index is -1.33. The molecular formula is C21H18N4O4S. The summed E-state index contributed by atoms with van der Waals surface area (Å²) in [5.41, 5.74) is 0.488. The topological polar surface area (TPSA) is 101 Å². The minimum Gasteiger partial charge on any atom is -0.497 e. The van der Waals surface area contributed by atoms with E-state index < -0.39 is 17.2 Å². The fourth-order valence-electron chi connectivity index (χ4n) is 3.53. The predicted octanol–water partition coefficient (Wildman–Crippen LogP) is 1.25. The van der Waals surface area contributed by atoms with Crippen molar-refractivity contribution in [3.63, 3.8) is 0 Å². The van der Waals surface area contributed by atoms with E-state index >= 15 is 0 Å². The fourth-order valence-corrected chi connectivity index (χ4v) is 3.88. The maximum atomic E-state index is 12.9. The molecular weight excluding hydrogens is 404 g/mol. The third-order valence-electron chi connectivity index (χ3n) is 5.05. The summed E-state index contributed by atoms with van der Waals surface area (Å²) in [4.78, 5) is 47.5. The van der Waals surface area contributed by atoms with Crippen molar-refractivity contribution in [2.75, 3.05) is 19.9 Å². The first-order chi connectivity index (χ1) is 14.4. The highest BCUT2D eigenvalue weighted by molar-refractivity contribution is 7.98. The summed E-state index contributed by atoms with van der Waals surface area (Å²) in [6, 6.07) is 6.93. The van der Waals surface area contributed by atoms with Crippen LogP contribution < -0.4 is 10.1 Å². The largest absolute Gasteiger partial charge is 0.497 e. The number of hydrogen-bond acceptors (Lipinski definition) is 7. The van der Waals surface area contributed by atoms with Gasteiger partial charge in [0.2, 0.25) is 11.8 Å². The molecule has 1 saturated heterocycles. The van der Waals surface area contributed by atoms with Crippen molar-refractivity contribution in [1.29, 1.82) is 0 Å². The van der Waals surface area contributed by atoms with Gasteiger partial charge in [-0.2, -0.15) is 0 Å². The molecule has 4 rings (SSSR count). The van der Waals surface area contributed by atoms with E-state index in [9.17, 15) is 14.4 Å². The monoisotopic (exact) mass is 422 g/mol. The Morgan fingerprint density at radius 3 is 2.83 bits per heavy atom. The summed E-state index contributed by atoms with van der Waals surface area (Å²) in [6.45, 7) is 0.348. The Hall–Kier alpha value is -3.38. The zero-order valence-electron chi connectivity index (χ0n) is 16.4. The van der Waals surface area contributed by atoms with Gasteiger partial charge in [-0.15, -0.1) is 0 Å². The number of imide groups is 1. The molecule has 152 valence electrons. The number of amides is 3. The molecule has 2 aliphatic heterocycles. The predicted molar refractivity (Wildman–Crippen MR) is 109 cm³/mol. The molecule has 0 saturated carbocycles.